The van der Waals surface area contributed by atoms with Crippen LogP contribution in [0.3, 0.4) is 0 Å². The van der Waals surface area contributed by atoms with Crippen molar-refractivity contribution in [2.45, 2.75) is 0 Å². The van der Waals surface area contributed by atoms with Crippen molar-refractivity contribution in [2.75, 3.05) is 14.1 Å². The molecule has 1 aromatic heterocycles. The molecule has 0 aliphatic heterocycles. The molecular weight excluding hydrogens is 168 g/mol. The van der Waals surface area contributed by atoms with Crippen molar-refractivity contribution in [3.05, 3.63) is 29.8 Å². The number of para-hydroxylation sites is 1. The minimum absolute atomic E-state index is 1.10. The standard InChI is InChI=1S/C7H5NS.C2H7N/c1-2-4-7-6(3-1)8-5-9-7;1-3-2/h1-5H;3H,1-2H3. The highest BCUT2D eigenvalue weighted by atomic mass is 32.1. The molecule has 3 heteroatoms. The second kappa shape index (κ2) is 4.85. The van der Waals surface area contributed by atoms with Crippen LogP contribution in [0.25, 0.3) is 10.2 Å². The molecule has 0 saturated carbocycles. The van der Waals surface area contributed by atoms with Crippen molar-refractivity contribution in [1.82, 2.24) is 10.3 Å². The lowest BCUT2D eigenvalue weighted by Gasteiger charge is -1.80. The van der Waals surface area contributed by atoms with Crippen molar-refractivity contribution in [2.24, 2.45) is 0 Å². The summed E-state index contributed by atoms with van der Waals surface area (Å²) in [5, 5.41) is 2.75. The van der Waals surface area contributed by atoms with Gasteiger partial charge < -0.3 is 5.32 Å². The summed E-state index contributed by atoms with van der Waals surface area (Å²) in [6.07, 6.45) is 0. The number of aromatic nitrogens is 1. The predicted octanol–water partition coefficient (Wildman–Crippen LogP) is 2.13. The highest BCUT2D eigenvalue weighted by molar-refractivity contribution is 7.16. The fourth-order valence-corrected chi connectivity index (χ4v) is 1.48. The van der Waals surface area contributed by atoms with Gasteiger partial charge in [-0.15, -0.1) is 11.3 Å². The zero-order valence-electron chi connectivity index (χ0n) is 7.24. The van der Waals surface area contributed by atoms with E-state index in [0.717, 1.165) is 5.52 Å². The summed E-state index contributed by atoms with van der Waals surface area (Å²) in [6, 6.07) is 8.13. The van der Waals surface area contributed by atoms with Gasteiger partial charge in [-0.05, 0) is 26.2 Å². The van der Waals surface area contributed by atoms with Crippen LogP contribution in [0.1, 0.15) is 0 Å². The summed E-state index contributed by atoms with van der Waals surface area (Å²) >= 11 is 1.68. The average molecular weight is 180 g/mol. The van der Waals surface area contributed by atoms with Gasteiger partial charge in [0, 0.05) is 0 Å². The first kappa shape index (κ1) is 9.16. The SMILES string of the molecule is CNC.c1ccc2scnc2c1. The zero-order chi connectivity index (χ0) is 8.81. The average Bonchev–Trinajstić information content (AvgIpc) is 2.52. The zero-order valence-corrected chi connectivity index (χ0v) is 8.06. The smallest absolute Gasteiger partial charge is 0.0812 e. The van der Waals surface area contributed by atoms with Crippen LogP contribution >= 0.6 is 11.3 Å². The summed E-state index contributed by atoms with van der Waals surface area (Å²) in [5.74, 6) is 0. The van der Waals surface area contributed by atoms with E-state index in [1.807, 2.05) is 37.8 Å². The number of rotatable bonds is 0. The summed E-state index contributed by atoms with van der Waals surface area (Å²) in [6.45, 7) is 0. The third-order valence-corrected chi connectivity index (χ3v) is 2.05. The first-order chi connectivity index (χ1) is 5.88. The molecular formula is C9H12N2S. The second-order valence-electron chi connectivity index (χ2n) is 2.32. The van der Waals surface area contributed by atoms with E-state index < -0.39 is 0 Å². The van der Waals surface area contributed by atoms with Gasteiger partial charge >= 0.3 is 0 Å². The Morgan fingerprint density at radius 2 is 1.92 bits per heavy atom. The molecule has 0 aliphatic carbocycles. The first-order valence-electron chi connectivity index (χ1n) is 3.75. The molecule has 0 amide bonds. The third-order valence-electron chi connectivity index (χ3n) is 1.24. The molecule has 2 rings (SSSR count). The molecule has 0 fully saturated rings. The fourth-order valence-electron chi connectivity index (χ4n) is 0.803. The van der Waals surface area contributed by atoms with Gasteiger partial charge in [0.1, 0.15) is 0 Å². The van der Waals surface area contributed by atoms with Gasteiger partial charge in [0.05, 0.1) is 15.7 Å². The van der Waals surface area contributed by atoms with Crippen LogP contribution < -0.4 is 5.32 Å². The van der Waals surface area contributed by atoms with Gasteiger partial charge in [-0.2, -0.15) is 0 Å². The van der Waals surface area contributed by atoms with Crippen LogP contribution in [0.15, 0.2) is 29.8 Å². The highest BCUT2D eigenvalue weighted by Gasteiger charge is 1.89. The summed E-state index contributed by atoms with van der Waals surface area (Å²) < 4.78 is 1.26. The lowest BCUT2D eigenvalue weighted by molar-refractivity contribution is 1.02. The molecule has 0 unspecified atom stereocenters. The number of nitrogens with zero attached hydrogens (tertiary/aromatic N) is 1. The van der Waals surface area contributed by atoms with Crippen LogP contribution in [-0.2, 0) is 0 Å². The van der Waals surface area contributed by atoms with Gasteiger partial charge in [-0.3, -0.25) is 0 Å². The maximum absolute atomic E-state index is 4.14. The molecule has 0 atom stereocenters. The predicted molar refractivity (Wildman–Crippen MR) is 54.6 cm³/mol. The fraction of sp³-hybridized carbons (Fsp3) is 0.222. The Hall–Kier alpha value is -0.930. The quantitative estimate of drug-likeness (QED) is 0.672. The maximum Gasteiger partial charge on any atom is 0.0812 e. The van der Waals surface area contributed by atoms with E-state index in [-0.39, 0.29) is 0 Å². The number of fused-ring (bicyclic) bond motifs is 1. The molecule has 64 valence electrons. The van der Waals surface area contributed by atoms with E-state index in [1.165, 1.54) is 4.70 Å². The topological polar surface area (TPSA) is 24.9 Å². The van der Waals surface area contributed by atoms with Gasteiger partial charge in [-0.25, -0.2) is 4.98 Å². The number of hydrogen-bond donors (Lipinski definition) is 1. The van der Waals surface area contributed by atoms with Crippen molar-refractivity contribution in [3.8, 4) is 0 Å². The Balaban J connectivity index is 0.000000213. The van der Waals surface area contributed by atoms with Crippen molar-refractivity contribution < 1.29 is 0 Å². The van der Waals surface area contributed by atoms with Gasteiger partial charge in [0.15, 0.2) is 0 Å². The molecule has 1 N–H and O–H groups in total. The van der Waals surface area contributed by atoms with E-state index in [9.17, 15) is 0 Å². The van der Waals surface area contributed by atoms with Crippen LogP contribution in [0.5, 0.6) is 0 Å². The van der Waals surface area contributed by atoms with Gasteiger partial charge in [0.2, 0.25) is 0 Å². The molecule has 2 aromatic rings. The van der Waals surface area contributed by atoms with Crippen molar-refractivity contribution >= 4 is 21.6 Å². The van der Waals surface area contributed by atoms with E-state index in [2.05, 4.69) is 16.4 Å². The molecule has 0 radical (unpaired) electrons. The number of thiazole rings is 1. The molecule has 0 bridgehead atoms. The van der Waals surface area contributed by atoms with E-state index in [4.69, 9.17) is 0 Å². The second-order valence-corrected chi connectivity index (χ2v) is 3.21. The highest BCUT2D eigenvalue weighted by Crippen LogP contribution is 2.15. The Labute approximate surface area is 76.3 Å². The minimum Gasteiger partial charge on any atom is -0.323 e. The number of benzene rings is 1. The molecule has 0 saturated heterocycles. The van der Waals surface area contributed by atoms with Crippen LogP contribution in [0.2, 0.25) is 0 Å². The normalized spacial score (nSPS) is 9.17. The first-order valence-corrected chi connectivity index (χ1v) is 4.63. The Bertz CT molecular complexity index is 300. The van der Waals surface area contributed by atoms with Crippen molar-refractivity contribution in [3.63, 3.8) is 0 Å². The lowest BCUT2D eigenvalue weighted by Crippen LogP contribution is -1.89. The molecule has 0 aliphatic rings. The minimum atomic E-state index is 1.10. The van der Waals surface area contributed by atoms with Gasteiger partial charge in [0.25, 0.3) is 0 Å². The van der Waals surface area contributed by atoms with Crippen LogP contribution in [0.4, 0.5) is 0 Å². The van der Waals surface area contributed by atoms with Gasteiger partial charge in [-0.1, -0.05) is 12.1 Å². The van der Waals surface area contributed by atoms with E-state index >= 15 is 0 Å². The number of nitrogens with one attached hydrogen (secondary N) is 1. The summed E-state index contributed by atoms with van der Waals surface area (Å²) in [5.41, 5.74) is 2.97. The molecule has 1 aromatic carbocycles. The van der Waals surface area contributed by atoms with E-state index in [1.54, 1.807) is 11.3 Å². The Morgan fingerprint density at radius 1 is 1.25 bits per heavy atom. The monoisotopic (exact) mass is 180 g/mol. The third kappa shape index (κ3) is 2.29. The lowest BCUT2D eigenvalue weighted by atomic mass is 10.3. The summed E-state index contributed by atoms with van der Waals surface area (Å²) in [4.78, 5) is 4.14. The van der Waals surface area contributed by atoms with Crippen molar-refractivity contribution in [1.29, 1.82) is 0 Å². The molecule has 12 heavy (non-hydrogen) atoms. The summed E-state index contributed by atoms with van der Waals surface area (Å²) in [7, 11) is 3.75. The Morgan fingerprint density at radius 3 is 2.58 bits per heavy atom. The number of hydrogen-bond acceptors (Lipinski definition) is 3. The molecule has 0 spiro atoms. The largest absolute Gasteiger partial charge is 0.323 e. The maximum atomic E-state index is 4.14. The molecule has 1 heterocycles. The molecule has 2 nitrogen and oxygen atoms in total. The Kier molecular flexibility index (Phi) is 3.70. The van der Waals surface area contributed by atoms with Crippen LogP contribution in [0, 0.1) is 0 Å². The van der Waals surface area contributed by atoms with Crippen LogP contribution in [-0.4, -0.2) is 19.1 Å². The van der Waals surface area contributed by atoms with E-state index in [0.29, 0.717) is 0 Å².